The van der Waals surface area contributed by atoms with Crippen LogP contribution in [0.1, 0.15) is 5.56 Å². The summed E-state index contributed by atoms with van der Waals surface area (Å²) in [5.74, 6) is -0.209. The highest BCUT2D eigenvalue weighted by Crippen LogP contribution is 2.27. The predicted octanol–water partition coefficient (Wildman–Crippen LogP) is 5.45. The average molecular weight is 328 g/mol. The molecule has 0 aliphatic heterocycles. The van der Waals surface area contributed by atoms with E-state index in [2.05, 4.69) is 73.3 Å². The van der Waals surface area contributed by atoms with Crippen molar-refractivity contribution in [1.29, 1.82) is 0 Å². The lowest BCUT2D eigenvalue weighted by molar-refractivity contribution is -0.659. The molecule has 0 saturated carbocycles. The van der Waals surface area contributed by atoms with Crippen molar-refractivity contribution in [3.63, 3.8) is 0 Å². The van der Waals surface area contributed by atoms with Crippen molar-refractivity contribution in [1.82, 2.24) is 0 Å². The number of nitrogens with zero attached hydrogens (tertiary/aromatic N) is 1. The molecule has 0 saturated heterocycles. The van der Waals surface area contributed by atoms with E-state index >= 15 is 0 Å². The van der Waals surface area contributed by atoms with E-state index < -0.39 is 0 Å². The van der Waals surface area contributed by atoms with Crippen LogP contribution in [0.5, 0.6) is 0 Å². The van der Waals surface area contributed by atoms with E-state index in [0.29, 0.717) is 0 Å². The minimum atomic E-state index is -0.209. The third-order valence-electron chi connectivity index (χ3n) is 4.69. The predicted molar refractivity (Wildman–Crippen MR) is 101 cm³/mol. The number of hydrogen-bond acceptors (Lipinski definition) is 0. The zero-order valence-corrected chi connectivity index (χ0v) is 14.3. The molecule has 1 nitrogen and oxygen atoms in total. The first kappa shape index (κ1) is 15.5. The van der Waals surface area contributed by atoms with Crippen LogP contribution < -0.4 is 4.57 Å². The van der Waals surface area contributed by atoms with Crippen molar-refractivity contribution in [2.45, 2.75) is 6.92 Å². The maximum Gasteiger partial charge on any atom is 0.213 e. The summed E-state index contributed by atoms with van der Waals surface area (Å²) in [4.78, 5) is 0. The summed E-state index contributed by atoms with van der Waals surface area (Å²) in [7, 11) is 2.08. The molecule has 0 amide bonds. The normalized spacial score (nSPS) is 11.0. The van der Waals surface area contributed by atoms with Crippen LogP contribution in [-0.2, 0) is 7.05 Å². The van der Waals surface area contributed by atoms with Gasteiger partial charge in [0.05, 0.1) is 0 Å². The third kappa shape index (κ3) is 2.91. The van der Waals surface area contributed by atoms with Gasteiger partial charge in [-0.2, -0.15) is 0 Å². The average Bonchev–Trinajstić information content (AvgIpc) is 2.62. The van der Waals surface area contributed by atoms with Gasteiger partial charge in [-0.1, -0.05) is 42.5 Å². The van der Waals surface area contributed by atoms with Crippen molar-refractivity contribution in [2.24, 2.45) is 7.05 Å². The van der Waals surface area contributed by atoms with Crippen LogP contribution in [0.25, 0.3) is 33.2 Å². The van der Waals surface area contributed by atoms with Gasteiger partial charge >= 0.3 is 0 Å². The van der Waals surface area contributed by atoms with Gasteiger partial charge in [0.1, 0.15) is 12.9 Å². The number of hydrogen-bond donors (Lipinski definition) is 0. The van der Waals surface area contributed by atoms with Crippen molar-refractivity contribution >= 4 is 10.8 Å². The maximum absolute atomic E-state index is 13.1. The Morgan fingerprint density at radius 2 is 1.48 bits per heavy atom. The molecule has 0 radical (unpaired) electrons. The lowest BCUT2D eigenvalue weighted by Crippen LogP contribution is -2.30. The lowest BCUT2D eigenvalue weighted by Gasteiger charge is -2.07. The summed E-state index contributed by atoms with van der Waals surface area (Å²) in [6, 6.07) is 23.7. The first-order valence-electron chi connectivity index (χ1n) is 8.37. The van der Waals surface area contributed by atoms with E-state index in [9.17, 15) is 4.39 Å². The fraction of sp³-hybridized carbons (Fsp3) is 0.0870. The molecule has 1 heterocycles. The Hall–Kier alpha value is -3.00. The number of fused-ring (bicyclic) bond motifs is 1. The van der Waals surface area contributed by atoms with Gasteiger partial charge in [-0.15, -0.1) is 0 Å². The number of aromatic nitrogens is 1. The molecule has 0 spiro atoms. The van der Waals surface area contributed by atoms with E-state index in [1.54, 1.807) is 0 Å². The van der Waals surface area contributed by atoms with Gasteiger partial charge < -0.3 is 0 Å². The van der Waals surface area contributed by atoms with E-state index in [0.717, 1.165) is 11.1 Å². The monoisotopic (exact) mass is 328 g/mol. The minimum absolute atomic E-state index is 0.209. The quantitative estimate of drug-likeness (QED) is 0.431. The number of rotatable bonds is 2. The lowest BCUT2D eigenvalue weighted by atomic mass is 9.99. The van der Waals surface area contributed by atoms with Crippen LogP contribution >= 0.6 is 0 Å². The maximum atomic E-state index is 13.1. The van der Waals surface area contributed by atoms with Crippen LogP contribution in [0.4, 0.5) is 4.39 Å². The van der Waals surface area contributed by atoms with Gasteiger partial charge in [0, 0.05) is 17.0 Å². The number of aryl methyl sites for hydroxylation is 2. The van der Waals surface area contributed by atoms with Gasteiger partial charge in [-0.05, 0) is 53.3 Å². The van der Waals surface area contributed by atoms with Crippen molar-refractivity contribution in [2.75, 3.05) is 0 Å². The second-order valence-electron chi connectivity index (χ2n) is 6.44. The van der Waals surface area contributed by atoms with Crippen LogP contribution in [0, 0.1) is 12.7 Å². The largest absolute Gasteiger partial charge is 0.213 e. The van der Waals surface area contributed by atoms with Crippen LogP contribution in [0.2, 0.25) is 0 Å². The molecule has 4 aromatic rings. The first-order chi connectivity index (χ1) is 12.1. The molecule has 0 atom stereocenters. The Kier molecular flexibility index (Phi) is 3.81. The van der Waals surface area contributed by atoms with E-state index in [1.807, 2.05) is 12.1 Å². The Bertz CT molecular complexity index is 1070. The molecule has 4 rings (SSSR count). The molecule has 0 fully saturated rings. The summed E-state index contributed by atoms with van der Waals surface area (Å²) >= 11 is 0. The third-order valence-corrected chi connectivity index (χ3v) is 4.69. The van der Waals surface area contributed by atoms with Crippen molar-refractivity contribution in [3.8, 4) is 22.4 Å². The summed E-state index contributed by atoms with van der Waals surface area (Å²) < 4.78 is 15.3. The highest BCUT2D eigenvalue weighted by Gasteiger charge is 2.14. The molecule has 0 unspecified atom stereocenters. The molecule has 1 aromatic heterocycles. The van der Waals surface area contributed by atoms with Crippen LogP contribution in [-0.4, -0.2) is 0 Å². The molecule has 2 heteroatoms. The second kappa shape index (κ2) is 6.14. The Balaban J connectivity index is 1.84. The summed E-state index contributed by atoms with van der Waals surface area (Å²) in [6.45, 7) is 2.14. The second-order valence-corrected chi connectivity index (χ2v) is 6.44. The molecule has 0 aliphatic carbocycles. The van der Waals surface area contributed by atoms with Gasteiger partial charge in [-0.3, -0.25) is 0 Å². The summed E-state index contributed by atoms with van der Waals surface area (Å²) in [5, 5.41) is 2.36. The van der Waals surface area contributed by atoms with E-state index in [-0.39, 0.29) is 5.82 Å². The molecular weight excluding hydrogens is 309 g/mol. The zero-order chi connectivity index (χ0) is 17.4. The highest BCUT2D eigenvalue weighted by molar-refractivity contribution is 5.88. The topological polar surface area (TPSA) is 3.88 Å². The van der Waals surface area contributed by atoms with Gasteiger partial charge in [0.25, 0.3) is 0 Å². The van der Waals surface area contributed by atoms with Gasteiger partial charge in [0.2, 0.25) is 5.69 Å². The standard InChI is InChI=1S/C23H19FN/c1-16-5-3-4-6-22(16)23-14-19-8-7-18(13-20(19)15-25(23)2)17-9-11-21(24)12-10-17/h3-15H,1-2H3/q+1. The molecule has 0 bridgehead atoms. The summed E-state index contributed by atoms with van der Waals surface area (Å²) in [6.07, 6.45) is 2.16. The Labute approximate surface area is 147 Å². The molecule has 3 aromatic carbocycles. The smallest absolute Gasteiger partial charge is 0.207 e. The van der Waals surface area contributed by atoms with Crippen LogP contribution in [0.15, 0.2) is 79.0 Å². The molecule has 122 valence electrons. The highest BCUT2D eigenvalue weighted by atomic mass is 19.1. The number of benzene rings is 3. The minimum Gasteiger partial charge on any atom is -0.207 e. The zero-order valence-electron chi connectivity index (χ0n) is 14.3. The Morgan fingerprint density at radius 3 is 2.24 bits per heavy atom. The van der Waals surface area contributed by atoms with E-state index in [1.165, 1.54) is 39.7 Å². The summed E-state index contributed by atoms with van der Waals surface area (Å²) in [5.41, 5.74) is 5.82. The van der Waals surface area contributed by atoms with Crippen molar-refractivity contribution in [3.05, 3.63) is 90.4 Å². The van der Waals surface area contributed by atoms with Gasteiger partial charge in [-0.25, -0.2) is 8.96 Å². The molecule has 25 heavy (non-hydrogen) atoms. The fourth-order valence-electron chi connectivity index (χ4n) is 3.30. The number of halogens is 1. The fourth-order valence-corrected chi connectivity index (χ4v) is 3.30. The van der Waals surface area contributed by atoms with Crippen LogP contribution in [0.3, 0.4) is 0 Å². The SMILES string of the molecule is Cc1ccccc1-c1cc2ccc(-c3ccc(F)cc3)cc2c[n+]1C. The molecule has 0 aliphatic rings. The van der Waals surface area contributed by atoms with Gasteiger partial charge in [0.15, 0.2) is 6.20 Å². The van der Waals surface area contributed by atoms with E-state index in [4.69, 9.17) is 0 Å². The number of pyridine rings is 1. The Morgan fingerprint density at radius 1 is 0.760 bits per heavy atom. The molecule has 0 N–H and O–H groups in total. The van der Waals surface area contributed by atoms with Crippen molar-refractivity contribution < 1.29 is 8.96 Å². The molecular formula is C23H19FN+. The first-order valence-corrected chi connectivity index (χ1v) is 8.37.